The number of carbonyl (C=O) groups is 3. The molecule has 15 N–H and O–H groups in total. The van der Waals surface area contributed by atoms with Crippen LogP contribution in [0.5, 0.6) is 17.2 Å². The first kappa shape index (κ1) is 62.7. The van der Waals surface area contributed by atoms with Crippen molar-refractivity contribution >= 4 is 55.1 Å². The Morgan fingerprint density at radius 2 is 0.800 bits per heavy atom. The van der Waals surface area contributed by atoms with Crippen LogP contribution in [0.2, 0.25) is 0 Å². The third kappa shape index (κ3) is 22.6. The van der Waals surface area contributed by atoms with Crippen LogP contribution < -0.4 is 16.0 Å². The number of benzene rings is 3. The molecule has 0 radical (unpaired) electrons. The summed E-state index contributed by atoms with van der Waals surface area (Å²) in [5.41, 5.74) is 7.93. The molecule has 3 unspecified atom stereocenters. The maximum atomic E-state index is 10.00. The largest absolute Gasteiger partial charge is 0.508 e. The number of hydrogen-bond donors (Lipinski definition) is 9. The van der Waals surface area contributed by atoms with E-state index in [0.717, 1.165) is 78.9 Å². The average Bonchev–Trinajstić information content (AvgIpc) is 3.09. The Morgan fingerprint density at radius 1 is 0.517 bits per heavy atom. The molecule has 3 atom stereocenters. The number of nitrogens with one attached hydrogen (secondary N) is 3. The van der Waals surface area contributed by atoms with E-state index in [1.165, 1.54) is 65.5 Å². The van der Waals surface area contributed by atoms with Gasteiger partial charge in [0.1, 0.15) is 17.2 Å². The fourth-order valence-corrected chi connectivity index (χ4v) is 7.71. The molecule has 3 aromatic carbocycles. The Balaban J connectivity index is -0.000000776. The predicted molar refractivity (Wildman–Crippen MR) is 241 cm³/mol. The van der Waals surface area contributed by atoms with E-state index in [4.69, 9.17) is 29.7 Å². The fourth-order valence-electron chi connectivity index (χ4n) is 7.71. The number of phenolic OH excluding ortho intramolecular Hbond substituents is 3. The lowest BCUT2D eigenvalue weighted by Gasteiger charge is -2.31. The highest BCUT2D eigenvalue weighted by molar-refractivity contribution is 5.86. The van der Waals surface area contributed by atoms with Crippen LogP contribution >= 0.6 is 37.2 Å². The zero-order valence-corrected chi connectivity index (χ0v) is 37.0. The predicted octanol–water partition coefficient (Wildman–Crippen LogP) is 5.57. The van der Waals surface area contributed by atoms with Crippen molar-refractivity contribution in [1.82, 2.24) is 16.0 Å². The van der Waals surface area contributed by atoms with Crippen molar-refractivity contribution in [1.29, 1.82) is 0 Å². The van der Waals surface area contributed by atoms with Crippen molar-refractivity contribution < 1.29 is 61.5 Å². The molecule has 6 rings (SSSR count). The van der Waals surface area contributed by atoms with Gasteiger partial charge in [0, 0.05) is 38.9 Å². The third-order valence-electron chi connectivity index (χ3n) is 9.94. The molecule has 3 aromatic rings. The number of hydrogen-bond acceptors (Lipinski definition) is 9. The average molecular weight is 913 g/mol. The molecule has 344 valence electrons. The van der Waals surface area contributed by atoms with E-state index in [2.05, 4.69) is 34.1 Å². The van der Waals surface area contributed by atoms with E-state index in [9.17, 15) is 15.3 Å². The van der Waals surface area contributed by atoms with Crippen molar-refractivity contribution in [2.24, 2.45) is 5.92 Å². The minimum atomic E-state index is -0.833. The normalized spacial score (nSPS) is 16.8. The molecule has 3 aliphatic rings. The van der Waals surface area contributed by atoms with Crippen LogP contribution in [0.25, 0.3) is 0 Å². The molecule has 0 saturated carbocycles. The Labute approximate surface area is 371 Å². The first-order chi connectivity index (χ1) is 25.7. The number of fused-ring (bicyclic) bond motifs is 3. The summed E-state index contributed by atoms with van der Waals surface area (Å²) in [6.45, 7) is 6.16. The maximum Gasteiger partial charge on any atom is 0.300 e. The van der Waals surface area contributed by atoms with E-state index in [1.54, 1.807) is 0 Å². The number of rotatable bonds is 11. The van der Waals surface area contributed by atoms with Gasteiger partial charge in [0.25, 0.3) is 17.9 Å². The first-order valence-electron chi connectivity index (χ1n) is 19.0. The lowest BCUT2D eigenvalue weighted by Crippen LogP contribution is -2.31. The van der Waals surface area contributed by atoms with E-state index >= 15 is 0 Å². The number of unbranched alkanes of at least 4 members (excludes halogenated alkanes) is 1. The molecule has 60 heavy (non-hydrogen) atoms. The molecule has 0 spiro atoms. The van der Waals surface area contributed by atoms with Gasteiger partial charge in [-0.15, -0.1) is 37.2 Å². The second kappa shape index (κ2) is 32.8. The molecule has 0 bridgehead atoms. The monoisotopic (exact) mass is 911 g/mol. The van der Waals surface area contributed by atoms with Gasteiger partial charge in [0.2, 0.25) is 0 Å². The second-order valence-corrected chi connectivity index (χ2v) is 14.3. The highest BCUT2D eigenvalue weighted by Crippen LogP contribution is 2.36. The number of carboxylic acid groups (broad SMARTS) is 3. The van der Waals surface area contributed by atoms with Gasteiger partial charge in [-0.05, 0) is 147 Å². The lowest BCUT2D eigenvalue weighted by molar-refractivity contribution is -0.135. The summed E-state index contributed by atoms with van der Waals surface area (Å²) in [6.07, 6.45) is 12.3. The summed E-state index contributed by atoms with van der Waals surface area (Å²) in [5.74, 6) is -0.737. The van der Waals surface area contributed by atoms with Crippen LogP contribution in [0.1, 0.15) is 124 Å². The number of aromatic hydroxyl groups is 3. The summed E-state index contributed by atoms with van der Waals surface area (Å²) in [7, 11) is 0. The van der Waals surface area contributed by atoms with Crippen molar-refractivity contribution in [2.45, 2.75) is 110 Å². The summed E-state index contributed by atoms with van der Waals surface area (Å²) in [5, 5.41) is 63.4. The molecular weight excluding hydrogens is 845 g/mol. The Kier molecular flexibility index (Phi) is 34.3. The van der Waals surface area contributed by atoms with E-state index < -0.39 is 17.9 Å². The molecule has 0 fully saturated rings. The number of phenols is 3. The molecule has 0 aliphatic carbocycles. The Morgan fingerprint density at radius 3 is 1.10 bits per heavy atom. The third-order valence-corrected chi connectivity index (χ3v) is 9.94. The van der Waals surface area contributed by atoms with Gasteiger partial charge in [0.15, 0.2) is 0 Å². The van der Waals surface area contributed by atoms with Gasteiger partial charge in [-0.25, -0.2) is 0 Å². The minimum Gasteiger partial charge on any atom is -0.508 e. The summed E-state index contributed by atoms with van der Waals surface area (Å²) in [4.78, 5) is 27.0. The summed E-state index contributed by atoms with van der Waals surface area (Å²) >= 11 is 0. The van der Waals surface area contributed by atoms with Gasteiger partial charge in [-0.2, -0.15) is 0 Å². The first-order valence-corrected chi connectivity index (χ1v) is 19.0. The highest BCUT2D eigenvalue weighted by atomic mass is 35.5. The Bertz CT molecular complexity index is 1580. The van der Waals surface area contributed by atoms with E-state index in [-0.39, 0.29) is 53.6 Å². The van der Waals surface area contributed by atoms with Crippen molar-refractivity contribution in [3.05, 3.63) is 88.0 Å². The molecule has 0 saturated heterocycles. The number of aliphatic carboxylic acids is 3. The smallest absolute Gasteiger partial charge is 0.300 e. The second-order valence-electron chi connectivity index (χ2n) is 14.3. The summed E-state index contributed by atoms with van der Waals surface area (Å²) < 4.78 is 0. The van der Waals surface area contributed by atoms with Crippen LogP contribution in [-0.2, 0) is 33.6 Å². The molecule has 0 aromatic heterocycles. The highest BCUT2D eigenvalue weighted by Gasteiger charge is 2.25. The molecule has 15 nitrogen and oxygen atoms in total. The molecular formula is C42H68Cl3N3O12. The van der Waals surface area contributed by atoms with Gasteiger partial charge in [-0.3, -0.25) is 14.4 Å². The van der Waals surface area contributed by atoms with Gasteiger partial charge in [0.05, 0.1) is 0 Å². The van der Waals surface area contributed by atoms with Crippen LogP contribution in [-0.4, -0.2) is 84.6 Å². The van der Waals surface area contributed by atoms with Crippen molar-refractivity contribution in [3.8, 4) is 17.2 Å². The van der Waals surface area contributed by atoms with Gasteiger partial charge < -0.3 is 63.0 Å². The van der Waals surface area contributed by atoms with Crippen molar-refractivity contribution in [2.75, 3.05) is 19.6 Å². The molecule has 0 amide bonds. The molecule has 3 aliphatic heterocycles. The summed E-state index contributed by atoms with van der Waals surface area (Å²) in [6, 6.07) is 18.8. The standard InChI is InChI=1S/C36H47N3O3.3C2H4O2.3ClH.3H2O/c40-28-7-10-31-25(21-28)15-18-37-34(31)4-2-1-3-24(5-13-35-32-11-8-29(41)22-26(32)16-19-38-35)6-14-36-33-12-9-30(42)23-27(33)17-20-39-36;3*1-2(3)4;;;;;;/h7-12,21-24,34-42H,1-6,13-20H2;3*1H3,(H,3,4);3*1H;3*1H2. The quantitative estimate of drug-likeness (QED) is 0.107. The fraction of sp³-hybridized carbons (Fsp3) is 0.500. The molecule has 18 heteroatoms. The van der Waals surface area contributed by atoms with E-state index in [1.807, 2.05) is 36.4 Å². The Hall–Kier alpha value is -3.90. The lowest BCUT2D eigenvalue weighted by atomic mass is 9.83. The van der Waals surface area contributed by atoms with Crippen LogP contribution in [0, 0.1) is 5.92 Å². The number of halogens is 3. The van der Waals surface area contributed by atoms with Crippen LogP contribution in [0.3, 0.4) is 0 Å². The number of carboxylic acids is 3. The van der Waals surface area contributed by atoms with Crippen LogP contribution in [0.4, 0.5) is 0 Å². The van der Waals surface area contributed by atoms with Crippen LogP contribution in [0.15, 0.2) is 54.6 Å². The SMILES string of the molecule is CC(=O)O.CC(=O)O.CC(=O)O.Cl.Cl.Cl.O.O.O.Oc1ccc2c(c1)CCNC2CCCCC(CCC1NCCc2cc(O)ccc21)CCC1NCCc2cc(O)ccc21. The topological polar surface area (TPSA) is 303 Å². The van der Waals surface area contributed by atoms with E-state index in [0.29, 0.717) is 41.3 Å². The minimum absolute atomic E-state index is 0. The van der Waals surface area contributed by atoms with Gasteiger partial charge in [-0.1, -0.05) is 37.5 Å². The van der Waals surface area contributed by atoms with Gasteiger partial charge >= 0.3 is 0 Å². The molecule has 3 heterocycles. The van der Waals surface area contributed by atoms with Crippen molar-refractivity contribution in [3.63, 3.8) is 0 Å². The maximum absolute atomic E-state index is 10.00. The zero-order valence-electron chi connectivity index (χ0n) is 34.5. The zero-order chi connectivity index (χ0) is 39.6.